The molecule has 4 heterocycles. The maximum Gasteiger partial charge on any atom is 0.329 e. The van der Waals surface area contributed by atoms with Gasteiger partial charge in [0.2, 0.25) is 0 Å². The summed E-state index contributed by atoms with van der Waals surface area (Å²) in [6.45, 7) is 6.77. The molecule has 8 rings (SSSR count). The van der Waals surface area contributed by atoms with Crippen molar-refractivity contribution in [3.05, 3.63) is 70.3 Å². The third-order valence-electron chi connectivity index (χ3n) is 12.6. The van der Waals surface area contributed by atoms with E-state index in [1.807, 2.05) is 25.1 Å². The smallest absolute Gasteiger partial charge is 0.329 e. The Morgan fingerprint density at radius 3 is 2.66 bits per heavy atom. The van der Waals surface area contributed by atoms with Gasteiger partial charge < -0.3 is 24.0 Å². The van der Waals surface area contributed by atoms with E-state index in [1.54, 1.807) is 25.2 Å². The largest absolute Gasteiger partial charge is 0.490 e. The zero-order valence-electron chi connectivity index (χ0n) is 31.0. The average Bonchev–Trinajstić information content (AvgIpc) is 3.22. The minimum Gasteiger partial charge on any atom is -0.490 e. The second-order valence-electron chi connectivity index (χ2n) is 16.2. The number of aryl methyl sites for hydroxylation is 1. The number of ether oxygens (including phenoxy) is 3. The summed E-state index contributed by atoms with van der Waals surface area (Å²) in [6, 6.07) is 11.5. The fraction of sp³-hybridized carbons (Fsp3) is 0.600. The molecule has 6 aliphatic rings. The van der Waals surface area contributed by atoms with Crippen LogP contribution < -0.4 is 14.4 Å². The number of methoxy groups -OCH3 is 2. The van der Waals surface area contributed by atoms with Crippen molar-refractivity contribution in [2.75, 3.05) is 70.7 Å². The fourth-order valence-corrected chi connectivity index (χ4v) is 11.4. The Kier molecular flexibility index (Phi) is 10.3. The van der Waals surface area contributed by atoms with Crippen LogP contribution in [0.15, 0.2) is 52.9 Å². The molecular weight excluding hydrogens is 714 g/mol. The van der Waals surface area contributed by atoms with Gasteiger partial charge in [-0.15, -0.1) is 4.36 Å². The molecule has 2 bridgehead atoms. The fourth-order valence-electron chi connectivity index (χ4n) is 9.34. The van der Waals surface area contributed by atoms with Crippen molar-refractivity contribution in [2.24, 2.45) is 22.1 Å². The number of fused-ring (bicyclic) bond motifs is 4. The van der Waals surface area contributed by atoms with Gasteiger partial charge >= 0.3 is 6.03 Å². The Hall–Kier alpha value is -3.16. The number of allylic oxidation sites excluding steroid dienone is 1. The van der Waals surface area contributed by atoms with Gasteiger partial charge in [-0.05, 0) is 97.7 Å². The average molecular weight is 766 g/mol. The van der Waals surface area contributed by atoms with Gasteiger partial charge in [0.25, 0.3) is 5.91 Å². The van der Waals surface area contributed by atoms with Gasteiger partial charge in [-0.25, -0.2) is 9.00 Å². The summed E-state index contributed by atoms with van der Waals surface area (Å²) >= 11 is 6.47. The lowest BCUT2D eigenvalue weighted by atomic mass is 9.68. The van der Waals surface area contributed by atoms with E-state index in [9.17, 15) is 13.8 Å². The van der Waals surface area contributed by atoms with Crippen molar-refractivity contribution in [1.29, 1.82) is 0 Å². The van der Waals surface area contributed by atoms with Crippen LogP contribution in [0.1, 0.15) is 60.5 Å². The number of carbonyl (C=O) groups excluding carboxylic acids is 2. The maximum absolute atomic E-state index is 14.6. The summed E-state index contributed by atoms with van der Waals surface area (Å²) < 4.78 is 39.8. The Morgan fingerprint density at radius 1 is 1.08 bits per heavy atom. The molecule has 0 aromatic heterocycles. The number of hydrogen-bond donors (Lipinski definition) is 1. The molecule has 4 aliphatic heterocycles. The molecule has 286 valence electrons. The van der Waals surface area contributed by atoms with Crippen LogP contribution in [0.25, 0.3) is 0 Å². The Bertz CT molecular complexity index is 1890. The molecule has 6 atom stereocenters. The highest BCUT2D eigenvalue weighted by Gasteiger charge is 2.45. The number of anilines is 1. The van der Waals surface area contributed by atoms with Gasteiger partial charge in [-0.2, -0.15) is 0 Å². The summed E-state index contributed by atoms with van der Waals surface area (Å²) in [5.41, 5.74) is 3.46. The molecule has 0 radical (unpaired) electrons. The van der Waals surface area contributed by atoms with Gasteiger partial charge in [0.1, 0.15) is 15.7 Å². The molecule has 1 saturated carbocycles. The number of halogens is 1. The van der Waals surface area contributed by atoms with Crippen LogP contribution in [-0.2, 0) is 31.2 Å². The molecule has 2 saturated heterocycles. The number of carbonyl (C=O) groups is 2. The second-order valence-corrected chi connectivity index (χ2v) is 18.7. The minimum absolute atomic E-state index is 0.0452. The topological polar surface area (TPSA) is 113 Å². The highest BCUT2D eigenvalue weighted by molar-refractivity contribution is 7.92. The quantitative estimate of drug-likeness (QED) is 0.395. The summed E-state index contributed by atoms with van der Waals surface area (Å²) in [7, 11) is 0.0153. The maximum atomic E-state index is 14.6. The molecule has 2 aromatic rings. The predicted octanol–water partition coefficient (Wildman–Crippen LogP) is 5.70. The van der Waals surface area contributed by atoms with E-state index >= 15 is 0 Å². The molecule has 2 aliphatic carbocycles. The lowest BCUT2D eigenvalue weighted by Crippen LogP contribution is -2.69. The van der Waals surface area contributed by atoms with Crippen molar-refractivity contribution >= 4 is 39.1 Å². The van der Waals surface area contributed by atoms with Crippen LogP contribution in [0.3, 0.4) is 0 Å². The summed E-state index contributed by atoms with van der Waals surface area (Å²) in [6.07, 6.45) is 10.2. The van der Waals surface area contributed by atoms with Crippen LogP contribution in [-0.4, -0.2) is 110 Å². The third kappa shape index (κ3) is 7.34. The predicted molar refractivity (Wildman–Crippen MR) is 206 cm³/mol. The monoisotopic (exact) mass is 765 g/mol. The molecule has 11 nitrogen and oxygen atoms in total. The minimum atomic E-state index is -3.48. The van der Waals surface area contributed by atoms with Crippen LogP contribution in [0, 0.1) is 17.8 Å². The van der Waals surface area contributed by atoms with Gasteiger partial charge in [0.15, 0.2) is 0 Å². The standard InChI is InChI=1S/C40H52ClN5O6S/c1-26-6-4-8-36(51-3)33-12-9-29(33)18-46-24-40(15-5-7-27-16-30(41)11-13-34(27)40)25-52-37-14-10-28(17-35(37)46)38(47)42-53(49,23-26)43-39(48)45-19-31(20-45)44-21-32(22-44)50-2/h4,8,10-11,13-14,16-17,26,29,31-33,36H,5-7,9,12,15,18-25H2,1-3H3,(H,42,43,47,48,49)/b8-4+/t26-,29-,33+,36-,40-,53?/m0/s1. The first kappa shape index (κ1) is 36.8. The van der Waals surface area contributed by atoms with Crippen LogP contribution in [0.5, 0.6) is 5.75 Å². The van der Waals surface area contributed by atoms with E-state index in [-0.39, 0.29) is 35.3 Å². The number of amides is 3. The van der Waals surface area contributed by atoms with Crippen molar-refractivity contribution in [3.63, 3.8) is 0 Å². The van der Waals surface area contributed by atoms with E-state index in [4.69, 9.17) is 25.8 Å². The zero-order valence-corrected chi connectivity index (χ0v) is 32.6. The molecule has 2 aromatic carbocycles. The summed E-state index contributed by atoms with van der Waals surface area (Å²) in [5, 5.41) is 0.745. The van der Waals surface area contributed by atoms with Crippen LogP contribution in [0.4, 0.5) is 10.5 Å². The van der Waals surface area contributed by atoms with Gasteiger partial charge in [-0.3, -0.25) is 14.4 Å². The van der Waals surface area contributed by atoms with E-state index in [0.717, 1.165) is 69.0 Å². The number of hydrogen-bond acceptors (Lipinski definition) is 8. The second kappa shape index (κ2) is 14.8. The van der Waals surface area contributed by atoms with Crippen LogP contribution in [0.2, 0.25) is 5.02 Å². The van der Waals surface area contributed by atoms with Gasteiger partial charge in [-0.1, -0.05) is 36.7 Å². The molecule has 3 amide bonds. The summed E-state index contributed by atoms with van der Waals surface area (Å²) in [5.74, 6) is 0.777. The van der Waals surface area contributed by atoms with Gasteiger partial charge in [0.05, 0.1) is 30.3 Å². The normalized spacial score (nSPS) is 32.9. The molecular formula is C40H52ClN5O6S. The van der Waals surface area contributed by atoms with E-state index in [0.29, 0.717) is 49.3 Å². The number of likely N-dealkylation sites (tertiary alicyclic amines) is 2. The van der Waals surface area contributed by atoms with Crippen LogP contribution >= 0.6 is 11.6 Å². The highest BCUT2D eigenvalue weighted by atomic mass is 35.5. The Labute approximate surface area is 318 Å². The Morgan fingerprint density at radius 2 is 1.91 bits per heavy atom. The Balaban J connectivity index is 1.12. The molecule has 53 heavy (non-hydrogen) atoms. The molecule has 13 heteroatoms. The zero-order chi connectivity index (χ0) is 36.9. The van der Waals surface area contributed by atoms with E-state index in [2.05, 4.69) is 43.2 Å². The first-order valence-corrected chi connectivity index (χ1v) is 21.2. The number of urea groups is 1. The third-order valence-corrected chi connectivity index (χ3v) is 14.8. The van der Waals surface area contributed by atoms with Crippen molar-refractivity contribution < 1.29 is 28.0 Å². The number of nitrogens with one attached hydrogen (secondary N) is 1. The molecule has 1 N–H and O–H groups in total. The highest BCUT2D eigenvalue weighted by Crippen LogP contribution is 2.47. The van der Waals surface area contributed by atoms with Crippen molar-refractivity contribution in [3.8, 4) is 5.75 Å². The first-order chi connectivity index (χ1) is 25.5. The lowest BCUT2D eigenvalue weighted by molar-refractivity contribution is -0.0775. The molecule has 1 spiro atoms. The first-order valence-electron chi connectivity index (χ1n) is 19.2. The number of rotatable bonds is 4. The van der Waals surface area contributed by atoms with Gasteiger partial charge in [0, 0.05) is 75.5 Å². The summed E-state index contributed by atoms with van der Waals surface area (Å²) in [4.78, 5) is 33.9. The SMILES string of the molecule is COC1CN(C2CN(C(=O)NS3(=O)=NC(=O)c4ccc5c(c4)N(C[C@@H]4CC[C@H]4[C@@H](OC)/C=C/C[C@H](C)C3)C[C@@]3(CCCc4cc(Cl)ccc43)CO5)C2)C1. The molecule has 1 unspecified atom stereocenters. The lowest BCUT2D eigenvalue weighted by Gasteiger charge is -2.51. The van der Waals surface area contributed by atoms with Crippen molar-refractivity contribution in [1.82, 2.24) is 14.5 Å². The van der Waals surface area contributed by atoms with E-state index in [1.165, 1.54) is 11.1 Å². The number of nitrogens with zero attached hydrogens (tertiary/aromatic N) is 4. The number of benzene rings is 2. The molecule has 3 fully saturated rings. The van der Waals surface area contributed by atoms with E-state index < -0.39 is 21.9 Å². The van der Waals surface area contributed by atoms with Crippen molar-refractivity contribution in [2.45, 2.75) is 69.1 Å².